The van der Waals surface area contributed by atoms with Gasteiger partial charge < -0.3 is 16.4 Å². The summed E-state index contributed by atoms with van der Waals surface area (Å²) in [6, 6.07) is 0. The second kappa shape index (κ2) is 5.90. The molecule has 6 nitrogen and oxygen atoms in total. The zero-order valence-electron chi connectivity index (χ0n) is 10.6. The molecular weight excluding hydrogens is 232 g/mol. The van der Waals surface area contributed by atoms with Crippen LogP contribution in [0.25, 0.3) is 0 Å². The number of amides is 2. The normalized spacial score (nSPS) is 17.0. The molecule has 0 fully saturated rings. The summed E-state index contributed by atoms with van der Waals surface area (Å²) >= 11 is 0. The molecule has 1 aliphatic rings. The lowest BCUT2D eigenvalue weighted by molar-refractivity contribution is -0.133. The number of hydrogen-bond acceptors (Lipinski definition) is 4. The van der Waals surface area contributed by atoms with Crippen molar-refractivity contribution in [2.24, 2.45) is 11.5 Å². The zero-order chi connectivity index (χ0) is 13.7. The highest BCUT2D eigenvalue weighted by atomic mass is 16.2. The number of carbonyl (C=O) groups excluding carboxylic acids is 2. The molecule has 1 aliphatic heterocycles. The van der Waals surface area contributed by atoms with Crippen LogP contribution in [-0.2, 0) is 9.59 Å². The van der Waals surface area contributed by atoms with Gasteiger partial charge in [0.25, 0.3) is 11.8 Å². The van der Waals surface area contributed by atoms with E-state index in [-0.39, 0.29) is 29.9 Å². The molecule has 4 N–H and O–H groups in total. The van der Waals surface area contributed by atoms with Crippen molar-refractivity contribution in [2.75, 3.05) is 13.2 Å². The second-order valence-electron chi connectivity index (χ2n) is 3.82. The van der Waals surface area contributed by atoms with Gasteiger partial charge >= 0.3 is 0 Å². The van der Waals surface area contributed by atoms with Crippen molar-refractivity contribution in [3.8, 4) is 0 Å². The summed E-state index contributed by atoms with van der Waals surface area (Å²) < 4.78 is 0. The van der Waals surface area contributed by atoms with Gasteiger partial charge in [-0.2, -0.15) is 0 Å². The van der Waals surface area contributed by atoms with Crippen LogP contribution in [0.2, 0.25) is 0 Å². The first-order valence-corrected chi connectivity index (χ1v) is 5.61. The lowest BCUT2D eigenvalue weighted by atomic mass is 10.3. The summed E-state index contributed by atoms with van der Waals surface area (Å²) in [4.78, 5) is 26.5. The van der Waals surface area contributed by atoms with Gasteiger partial charge in [-0.1, -0.05) is 12.2 Å². The maximum atomic E-state index is 11.9. The molecule has 1 rings (SSSR count). The Morgan fingerprint density at radius 2 is 1.67 bits per heavy atom. The summed E-state index contributed by atoms with van der Waals surface area (Å²) in [6.07, 6.45) is 6.39. The number of rotatable bonds is 2. The zero-order valence-corrected chi connectivity index (χ0v) is 10.6. The molecule has 0 aliphatic carbocycles. The highest BCUT2D eigenvalue weighted by Crippen LogP contribution is 2.08. The molecule has 98 valence electrons. The molecular formula is C12H18N4O2. The van der Waals surface area contributed by atoms with Crippen LogP contribution in [0.1, 0.15) is 13.8 Å². The van der Waals surface area contributed by atoms with Gasteiger partial charge in [-0.25, -0.2) is 0 Å². The van der Waals surface area contributed by atoms with Gasteiger partial charge in [-0.05, 0) is 19.9 Å². The van der Waals surface area contributed by atoms with Crippen LogP contribution >= 0.6 is 0 Å². The molecule has 0 saturated heterocycles. The van der Waals surface area contributed by atoms with Crippen molar-refractivity contribution in [1.29, 1.82) is 0 Å². The SMILES string of the molecule is CC=C(N)C(=O)N1C=CCN(C(=O)C(N)=CC)C1. The van der Waals surface area contributed by atoms with E-state index in [9.17, 15) is 9.59 Å². The van der Waals surface area contributed by atoms with Gasteiger partial charge in [-0.15, -0.1) is 0 Å². The molecule has 1 heterocycles. The first kappa shape index (κ1) is 13.8. The molecule has 0 aromatic heterocycles. The van der Waals surface area contributed by atoms with E-state index in [2.05, 4.69) is 0 Å². The Bertz CT molecular complexity index is 437. The van der Waals surface area contributed by atoms with Crippen LogP contribution in [0.4, 0.5) is 0 Å². The summed E-state index contributed by atoms with van der Waals surface area (Å²) in [5.74, 6) is -0.621. The minimum atomic E-state index is -0.328. The first-order chi connectivity index (χ1) is 8.51. The van der Waals surface area contributed by atoms with E-state index in [1.165, 1.54) is 22.0 Å². The van der Waals surface area contributed by atoms with E-state index >= 15 is 0 Å². The van der Waals surface area contributed by atoms with Crippen molar-refractivity contribution >= 4 is 11.8 Å². The van der Waals surface area contributed by atoms with Crippen LogP contribution in [0, 0.1) is 0 Å². The van der Waals surface area contributed by atoms with Gasteiger partial charge in [0.15, 0.2) is 0 Å². The largest absolute Gasteiger partial charge is 0.395 e. The predicted molar refractivity (Wildman–Crippen MR) is 68.5 cm³/mol. The Morgan fingerprint density at radius 1 is 1.11 bits per heavy atom. The molecule has 18 heavy (non-hydrogen) atoms. The van der Waals surface area contributed by atoms with Crippen LogP contribution in [0.3, 0.4) is 0 Å². The predicted octanol–water partition coefficient (Wildman–Crippen LogP) is -0.147. The molecule has 6 heteroatoms. The third kappa shape index (κ3) is 2.91. The van der Waals surface area contributed by atoms with Crippen molar-refractivity contribution in [1.82, 2.24) is 9.80 Å². The van der Waals surface area contributed by atoms with E-state index in [0.717, 1.165) is 0 Å². The molecule has 0 radical (unpaired) electrons. The Hall–Kier alpha value is -2.24. The Labute approximate surface area is 106 Å². The molecule has 0 atom stereocenters. The van der Waals surface area contributed by atoms with E-state index in [1.807, 2.05) is 0 Å². The second-order valence-corrected chi connectivity index (χ2v) is 3.82. The van der Waals surface area contributed by atoms with Gasteiger partial charge in [0.2, 0.25) is 0 Å². The fraction of sp³-hybridized carbons (Fsp3) is 0.333. The van der Waals surface area contributed by atoms with E-state index in [0.29, 0.717) is 6.54 Å². The Balaban J connectivity index is 2.79. The molecule has 2 amide bonds. The average Bonchev–Trinajstić information content (AvgIpc) is 2.43. The van der Waals surface area contributed by atoms with E-state index in [4.69, 9.17) is 11.5 Å². The van der Waals surface area contributed by atoms with Gasteiger partial charge in [0.1, 0.15) is 6.67 Å². The highest BCUT2D eigenvalue weighted by Gasteiger charge is 2.23. The molecule has 0 aromatic rings. The summed E-state index contributed by atoms with van der Waals surface area (Å²) in [6.45, 7) is 3.94. The minimum Gasteiger partial charge on any atom is -0.395 e. The monoisotopic (exact) mass is 250 g/mol. The van der Waals surface area contributed by atoms with E-state index in [1.54, 1.807) is 26.1 Å². The van der Waals surface area contributed by atoms with Crippen molar-refractivity contribution in [3.05, 3.63) is 35.8 Å². The minimum absolute atomic E-state index is 0.146. The highest BCUT2D eigenvalue weighted by molar-refractivity contribution is 5.95. The molecule has 0 aromatic carbocycles. The Kier molecular flexibility index (Phi) is 4.53. The quantitative estimate of drug-likeness (QED) is 0.667. The summed E-state index contributed by atoms with van der Waals surface area (Å²) in [5.41, 5.74) is 11.4. The lowest BCUT2D eigenvalue weighted by Gasteiger charge is -2.31. The van der Waals surface area contributed by atoms with Crippen LogP contribution < -0.4 is 11.5 Å². The van der Waals surface area contributed by atoms with Crippen LogP contribution in [0.5, 0.6) is 0 Å². The first-order valence-electron chi connectivity index (χ1n) is 5.61. The Morgan fingerprint density at radius 3 is 2.22 bits per heavy atom. The third-order valence-corrected chi connectivity index (χ3v) is 2.60. The topological polar surface area (TPSA) is 92.7 Å². The standard InChI is InChI=1S/C12H18N4O2/c1-3-9(13)11(17)15-6-5-7-16(8-15)12(18)10(14)4-2/h3-6H,7-8,13-14H2,1-2H3. The fourth-order valence-corrected chi connectivity index (χ4v) is 1.46. The molecule has 0 bridgehead atoms. The molecule has 0 spiro atoms. The van der Waals surface area contributed by atoms with Crippen molar-refractivity contribution in [3.63, 3.8) is 0 Å². The van der Waals surface area contributed by atoms with Gasteiger partial charge in [-0.3, -0.25) is 14.5 Å². The maximum absolute atomic E-state index is 11.9. The van der Waals surface area contributed by atoms with Crippen molar-refractivity contribution in [2.45, 2.75) is 13.8 Å². The number of nitrogens with zero attached hydrogens (tertiary/aromatic N) is 2. The summed E-state index contributed by atoms with van der Waals surface area (Å²) in [5, 5.41) is 0. The lowest BCUT2D eigenvalue weighted by Crippen LogP contribution is -2.47. The smallest absolute Gasteiger partial charge is 0.274 e. The number of carbonyl (C=O) groups is 2. The number of hydrogen-bond donors (Lipinski definition) is 2. The maximum Gasteiger partial charge on any atom is 0.274 e. The fourth-order valence-electron chi connectivity index (χ4n) is 1.46. The van der Waals surface area contributed by atoms with Crippen molar-refractivity contribution < 1.29 is 9.59 Å². The third-order valence-electron chi connectivity index (χ3n) is 2.60. The van der Waals surface area contributed by atoms with Gasteiger partial charge in [0, 0.05) is 12.7 Å². The summed E-state index contributed by atoms with van der Waals surface area (Å²) in [7, 11) is 0. The molecule has 0 unspecified atom stereocenters. The average molecular weight is 250 g/mol. The van der Waals surface area contributed by atoms with Gasteiger partial charge in [0.05, 0.1) is 11.4 Å². The van der Waals surface area contributed by atoms with Crippen LogP contribution in [0.15, 0.2) is 35.8 Å². The van der Waals surface area contributed by atoms with Crippen LogP contribution in [-0.4, -0.2) is 34.8 Å². The number of allylic oxidation sites excluding steroid dienone is 2. The van der Waals surface area contributed by atoms with E-state index < -0.39 is 0 Å². The molecule has 0 saturated carbocycles. The number of nitrogens with two attached hydrogens (primary N) is 2.